The fourth-order valence-electron chi connectivity index (χ4n) is 2.98. The van der Waals surface area contributed by atoms with Gasteiger partial charge in [0.2, 0.25) is 0 Å². The number of benzene rings is 2. The molecule has 0 spiro atoms. The van der Waals surface area contributed by atoms with Crippen molar-refractivity contribution >= 4 is 17.8 Å². The number of hydrogen-bond donors (Lipinski definition) is 1. The van der Waals surface area contributed by atoms with E-state index in [-0.39, 0.29) is 23.0 Å². The Bertz CT molecular complexity index is 991. The van der Waals surface area contributed by atoms with E-state index in [2.05, 4.69) is 4.74 Å². The van der Waals surface area contributed by atoms with E-state index in [9.17, 15) is 27.9 Å². The summed E-state index contributed by atoms with van der Waals surface area (Å²) in [5.74, 6) is -2.13. The van der Waals surface area contributed by atoms with Gasteiger partial charge in [0.1, 0.15) is 11.5 Å². The quantitative estimate of drug-likeness (QED) is 0.466. The zero-order chi connectivity index (χ0) is 22.6. The van der Waals surface area contributed by atoms with Gasteiger partial charge in [-0.1, -0.05) is 12.1 Å². The fourth-order valence-corrected chi connectivity index (χ4v) is 2.98. The molecular weight excluding hydrogens is 401 g/mol. The van der Waals surface area contributed by atoms with Crippen LogP contribution in [-0.4, -0.2) is 29.3 Å². The second-order valence-electron chi connectivity index (χ2n) is 6.83. The van der Waals surface area contributed by atoms with E-state index in [1.165, 1.54) is 24.3 Å². The first-order valence-electron chi connectivity index (χ1n) is 9.02. The molecule has 30 heavy (non-hydrogen) atoms. The number of carboxylic acids is 1. The van der Waals surface area contributed by atoms with Crippen LogP contribution in [0.3, 0.4) is 0 Å². The molecule has 0 radical (unpaired) electrons. The number of carboxylic acid groups (broad SMARTS) is 1. The largest absolute Gasteiger partial charge is 0.573 e. The minimum Gasteiger partial charge on any atom is -0.490 e. The van der Waals surface area contributed by atoms with Crippen molar-refractivity contribution in [1.29, 1.82) is 0 Å². The van der Waals surface area contributed by atoms with Crippen LogP contribution >= 0.6 is 0 Å². The van der Waals surface area contributed by atoms with Crippen molar-refractivity contribution in [3.63, 3.8) is 0 Å². The summed E-state index contributed by atoms with van der Waals surface area (Å²) < 4.78 is 47.4. The van der Waals surface area contributed by atoms with E-state index in [1.807, 2.05) is 0 Å². The van der Waals surface area contributed by atoms with Crippen molar-refractivity contribution in [2.75, 3.05) is 0 Å². The summed E-state index contributed by atoms with van der Waals surface area (Å²) in [6.45, 7) is 6.74. The third kappa shape index (κ3) is 5.62. The Balaban J connectivity index is 2.47. The lowest BCUT2D eigenvalue weighted by Crippen LogP contribution is -2.18. The molecular formula is C22H21F3O5. The molecule has 5 nitrogen and oxygen atoms in total. The number of ether oxygens (including phenoxy) is 2. The van der Waals surface area contributed by atoms with Crippen molar-refractivity contribution < 1.29 is 37.3 Å². The summed E-state index contributed by atoms with van der Waals surface area (Å²) >= 11 is 0. The Hall–Kier alpha value is -3.29. The predicted molar refractivity (Wildman–Crippen MR) is 105 cm³/mol. The number of hydrogen-bond acceptors (Lipinski definition) is 4. The summed E-state index contributed by atoms with van der Waals surface area (Å²) in [7, 11) is 0. The highest BCUT2D eigenvalue weighted by molar-refractivity contribution is 6.09. The summed E-state index contributed by atoms with van der Waals surface area (Å²) in [4.78, 5) is 24.1. The number of para-hydroxylation sites is 1. The van der Waals surface area contributed by atoms with Gasteiger partial charge < -0.3 is 14.6 Å². The Morgan fingerprint density at radius 2 is 1.77 bits per heavy atom. The lowest BCUT2D eigenvalue weighted by Gasteiger charge is -2.18. The highest BCUT2D eigenvalue weighted by Gasteiger charge is 2.32. The number of alkyl halides is 3. The minimum atomic E-state index is -4.93. The van der Waals surface area contributed by atoms with Gasteiger partial charge in [-0.3, -0.25) is 4.79 Å². The predicted octanol–water partition coefficient (Wildman–Crippen LogP) is 5.58. The normalized spacial score (nSPS) is 11.7. The molecule has 0 aliphatic heterocycles. The summed E-state index contributed by atoms with van der Waals surface area (Å²) in [6.07, 6.45) is -2.72. The van der Waals surface area contributed by atoms with Crippen LogP contribution in [0.25, 0.3) is 6.08 Å². The van der Waals surface area contributed by atoms with Crippen molar-refractivity contribution in [1.82, 2.24) is 0 Å². The van der Waals surface area contributed by atoms with Crippen LogP contribution in [-0.2, 0) is 0 Å². The smallest absolute Gasteiger partial charge is 0.490 e. The van der Waals surface area contributed by atoms with E-state index in [1.54, 1.807) is 33.8 Å². The van der Waals surface area contributed by atoms with Crippen LogP contribution in [0, 0.1) is 13.8 Å². The molecule has 2 rings (SSSR count). The number of aryl methyl sites for hydroxylation is 1. The molecule has 0 aliphatic carbocycles. The summed E-state index contributed by atoms with van der Waals surface area (Å²) in [6, 6.07) is 6.58. The van der Waals surface area contributed by atoms with Gasteiger partial charge in [-0.25, -0.2) is 4.79 Å². The molecule has 0 unspecified atom stereocenters. The lowest BCUT2D eigenvalue weighted by atomic mass is 9.97. The van der Waals surface area contributed by atoms with Gasteiger partial charge in [0, 0.05) is 11.1 Å². The third-order valence-corrected chi connectivity index (χ3v) is 4.10. The SMILES string of the molecule is Cc1cc(/C=C/C(=O)c2ccccc2OC(F)(F)F)c(OC(C)C)c(C)c1C(=O)O. The first kappa shape index (κ1) is 23.0. The average Bonchev–Trinajstić information content (AvgIpc) is 2.61. The van der Waals surface area contributed by atoms with Crippen molar-refractivity contribution in [3.8, 4) is 11.5 Å². The number of aromatic carboxylic acids is 1. The van der Waals surface area contributed by atoms with Crippen LogP contribution in [0.4, 0.5) is 13.2 Å². The molecule has 0 heterocycles. The van der Waals surface area contributed by atoms with Gasteiger partial charge in [-0.2, -0.15) is 0 Å². The molecule has 8 heteroatoms. The molecule has 0 atom stereocenters. The lowest BCUT2D eigenvalue weighted by molar-refractivity contribution is -0.274. The maximum absolute atomic E-state index is 12.6. The highest BCUT2D eigenvalue weighted by atomic mass is 19.4. The molecule has 0 saturated carbocycles. The zero-order valence-electron chi connectivity index (χ0n) is 16.8. The Kier molecular flexibility index (Phi) is 6.92. The van der Waals surface area contributed by atoms with E-state index in [4.69, 9.17) is 4.74 Å². The summed E-state index contributed by atoms with van der Waals surface area (Å²) in [5.41, 5.74) is 1.13. The molecule has 0 aromatic heterocycles. The molecule has 2 aromatic carbocycles. The van der Waals surface area contributed by atoms with Crippen molar-refractivity contribution in [2.45, 2.75) is 40.2 Å². The van der Waals surface area contributed by atoms with E-state index >= 15 is 0 Å². The van der Waals surface area contributed by atoms with Crippen LogP contribution in [0.1, 0.15) is 51.3 Å². The molecule has 0 bridgehead atoms. The zero-order valence-corrected chi connectivity index (χ0v) is 16.8. The monoisotopic (exact) mass is 422 g/mol. The van der Waals surface area contributed by atoms with Crippen LogP contribution in [0.5, 0.6) is 11.5 Å². The Morgan fingerprint density at radius 3 is 2.33 bits per heavy atom. The first-order valence-corrected chi connectivity index (χ1v) is 9.02. The highest BCUT2D eigenvalue weighted by Crippen LogP contribution is 2.32. The minimum absolute atomic E-state index is 0.0954. The maximum Gasteiger partial charge on any atom is 0.573 e. The molecule has 160 valence electrons. The molecule has 0 aliphatic rings. The van der Waals surface area contributed by atoms with E-state index in [0.29, 0.717) is 16.7 Å². The number of carbonyl (C=O) groups excluding carboxylic acids is 1. The maximum atomic E-state index is 12.6. The van der Waals surface area contributed by atoms with Gasteiger partial charge in [0.15, 0.2) is 5.78 Å². The van der Waals surface area contributed by atoms with Gasteiger partial charge >= 0.3 is 12.3 Å². The number of allylic oxidation sites excluding steroid dienone is 1. The van der Waals surface area contributed by atoms with Gasteiger partial charge in [0.25, 0.3) is 0 Å². The van der Waals surface area contributed by atoms with Gasteiger partial charge in [0.05, 0.1) is 17.2 Å². The Morgan fingerprint density at radius 1 is 1.13 bits per heavy atom. The van der Waals surface area contributed by atoms with E-state index < -0.39 is 23.9 Å². The van der Waals surface area contributed by atoms with Gasteiger partial charge in [-0.05, 0) is 63.6 Å². The van der Waals surface area contributed by atoms with E-state index in [0.717, 1.165) is 12.1 Å². The topological polar surface area (TPSA) is 72.8 Å². The van der Waals surface area contributed by atoms with Crippen molar-refractivity contribution in [3.05, 3.63) is 64.2 Å². The second kappa shape index (κ2) is 9.02. The fraction of sp³-hybridized carbons (Fsp3) is 0.273. The molecule has 0 saturated heterocycles. The number of carbonyl (C=O) groups is 2. The first-order chi connectivity index (χ1) is 13.9. The van der Waals surface area contributed by atoms with Crippen LogP contribution in [0.15, 0.2) is 36.4 Å². The molecule has 2 aromatic rings. The number of halogens is 3. The molecule has 0 fully saturated rings. The second-order valence-corrected chi connectivity index (χ2v) is 6.83. The van der Waals surface area contributed by atoms with Crippen LogP contribution < -0.4 is 9.47 Å². The van der Waals surface area contributed by atoms with Gasteiger partial charge in [-0.15, -0.1) is 13.2 Å². The van der Waals surface area contributed by atoms with Crippen molar-refractivity contribution in [2.24, 2.45) is 0 Å². The molecule has 1 N–H and O–H groups in total. The standard InChI is InChI=1S/C22H21F3O5/c1-12(2)29-20-14(4)19(21(27)28)13(3)11-15(20)9-10-17(26)16-7-5-6-8-18(16)30-22(23,24)25/h5-12H,1-4H3,(H,27,28)/b10-9+. The van der Waals surface area contributed by atoms with Crippen LogP contribution in [0.2, 0.25) is 0 Å². The molecule has 0 amide bonds. The number of ketones is 1. The third-order valence-electron chi connectivity index (χ3n) is 4.10. The summed E-state index contributed by atoms with van der Waals surface area (Å²) in [5, 5.41) is 9.45. The Labute approximate surface area is 171 Å². The number of rotatable bonds is 7. The average molecular weight is 422 g/mol.